The maximum absolute atomic E-state index is 13.9. The third kappa shape index (κ3) is 3.86. The molecule has 4 rings (SSSR count). The summed E-state index contributed by atoms with van der Waals surface area (Å²) in [7, 11) is -3.68. The van der Waals surface area contributed by atoms with E-state index in [9.17, 15) is 8.42 Å². The summed E-state index contributed by atoms with van der Waals surface area (Å²) in [6, 6.07) is 18.3. The number of sulfonamides is 1. The molecular weight excluding hydrogens is 392 g/mol. The van der Waals surface area contributed by atoms with Gasteiger partial charge in [0.05, 0.1) is 6.54 Å². The maximum Gasteiger partial charge on any atom is 0.259 e. The van der Waals surface area contributed by atoms with Crippen LogP contribution in [-0.4, -0.2) is 30.3 Å². The Balaban J connectivity index is 1.78. The Morgan fingerprint density at radius 1 is 1.07 bits per heavy atom. The van der Waals surface area contributed by atoms with E-state index in [2.05, 4.69) is 36.3 Å². The lowest BCUT2D eigenvalue weighted by atomic mass is 9.82. The Morgan fingerprint density at radius 3 is 2.57 bits per heavy atom. The highest BCUT2D eigenvalue weighted by Gasteiger charge is 2.47. The molecule has 2 aromatic carbocycles. The Hall–Kier alpha value is -2.66. The monoisotopic (exact) mass is 420 g/mol. The summed E-state index contributed by atoms with van der Waals surface area (Å²) in [6.07, 6.45) is 8.47. The van der Waals surface area contributed by atoms with E-state index in [1.165, 1.54) is 9.98 Å². The summed E-state index contributed by atoms with van der Waals surface area (Å²) in [5.41, 5.74) is 5.31. The minimum Gasteiger partial charge on any atom is -0.204 e. The van der Waals surface area contributed by atoms with Gasteiger partial charge in [0, 0.05) is 6.21 Å². The third-order valence-electron chi connectivity index (χ3n) is 6.05. The number of nitrogens with zero attached hydrogens (tertiary/aromatic N) is 2. The fourth-order valence-electron chi connectivity index (χ4n) is 4.25. The van der Waals surface area contributed by atoms with E-state index >= 15 is 0 Å². The molecule has 1 atom stereocenters. The lowest BCUT2D eigenvalue weighted by molar-refractivity contribution is 0.395. The molecule has 2 aliphatic rings. The molecule has 30 heavy (non-hydrogen) atoms. The fourth-order valence-corrected chi connectivity index (χ4v) is 6.08. The first-order chi connectivity index (χ1) is 14.4. The quantitative estimate of drug-likeness (QED) is 0.674. The molecule has 0 saturated heterocycles. The summed E-state index contributed by atoms with van der Waals surface area (Å²) >= 11 is 0. The number of hydrogen-bond acceptors (Lipinski definition) is 3. The van der Waals surface area contributed by atoms with Gasteiger partial charge >= 0.3 is 0 Å². The van der Waals surface area contributed by atoms with Gasteiger partial charge in [-0.25, -0.2) is 8.42 Å². The molecule has 1 heterocycles. The van der Waals surface area contributed by atoms with Gasteiger partial charge in [-0.2, -0.15) is 9.52 Å². The number of benzene rings is 2. The molecule has 0 aromatic heterocycles. The molecule has 0 amide bonds. The summed E-state index contributed by atoms with van der Waals surface area (Å²) in [6.45, 7) is 4.37. The van der Waals surface area contributed by atoms with Crippen molar-refractivity contribution in [1.82, 2.24) is 4.41 Å². The van der Waals surface area contributed by atoms with E-state index in [0.717, 1.165) is 35.1 Å². The van der Waals surface area contributed by atoms with E-state index < -0.39 is 14.8 Å². The van der Waals surface area contributed by atoms with E-state index in [1.54, 1.807) is 6.21 Å². The topological polar surface area (TPSA) is 49.7 Å². The van der Waals surface area contributed by atoms with E-state index in [-0.39, 0.29) is 0 Å². The highest BCUT2D eigenvalue weighted by molar-refractivity contribution is 7.90. The predicted octanol–water partition coefficient (Wildman–Crippen LogP) is 5.12. The Bertz CT molecular complexity index is 1120. The molecule has 0 saturated carbocycles. The maximum atomic E-state index is 13.9. The molecule has 4 nitrogen and oxygen atoms in total. The second-order valence-electron chi connectivity index (χ2n) is 8.31. The van der Waals surface area contributed by atoms with E-state index in [0.29, 0.717) is 19.4 Å². The van der Waals surface area contributed by atoms with Crippen molar-refractivity contribution in [3.8, 4) is 0 Å². The number of rotatable bonds is 5. The molecule has 0 unspecified atom stereocenters. The van der Waals surface area contributed by atoms with Crippen LogP contribution in [0.4, 0.5) is 0 Å². The van der Waals surface area contributed by atoms with Crippen molar-refractivity contribution >= 4 is 21.8 Å². The normalized spacial score (nSPS) is 21.9. The van der Waals surface area contributed by atoms with Crippen LogP contribution >= 0.6 is 0 Å². The number of hydrogen-bond donors (Lipinski definition) is 0. The molecule has 0 N–H and O–H groups in total. The van der Waals surface area contributed by atoms with E-state index in [4.69, 9.17) is 0 Å². The molecular formula is C25H28N2O2S. The van der Waals surface area contributed by atoms with Crippen molar-refractivity contribution in [3.05, 3.63) is 89.0 Å². The molecule has 0 bridgehead atoms. The van der Waals surface area contributed by atoms with Gasteiger partial charge in [0.1, 0.15) is 4.75 Å². The first-order valence-electron chi connectivity index (χ1n) is 10.5. The molecule has 156 valence electrons. The average Bonchev–Trinajstić information content (AvgIpc) is 2.76. The average molecular weight is 421 g/mol. The van der Waals surface area contributed by atoms with Gasteiger partial charge in [0.25, 0.3) is 10.0 Å². The van der Waals surface area contributed by atoms with Gasteiger partial charge in [-0.3, -0.25) is 0 Å². The molecule has 5 heteroatoms. The van der Waals surface area contributed by atoms with Crippen LogP contribution in [0.5, 0.6) is 0 Å². The van der Waals surface area contributed by atoms with Gasteiger partial charge in [-0.05, 0) is 61.8 Å². The number of aryl methyl sites for hydroxylation is 1. The largest absolute Gasteiger partial charge is 0.259 e. The van der Waals surface area contributed by atoms with Crippen LogP contribution in [-0.2, 0) is 16.4 Å². The predicted molar refractivity (Wildman–Crippen MR) is 124 cm³/mol. The molecule has 0 spiro atoms. The number of allylic oxidation sites excluding steroid dienone is 3. The lowest BCUT2D eigenvalue weighted by Crippen LogP contribution is -2.48. The van der Waals surface area contributed by atoms with Crippen molar-refractivity contribution in [3.63, 3.8) is 0 Å². The molecule has 0 fully saturated rings. The summed E-state index contributed by atoms with van der Waals surface area (Å²) < 4.78 is 28.0. The van der Waals surface area contributed by atoms with Gasteiger partial charge in [-0.1, -0.05) is 72.3 Å². The van der Waals surface area contributed by atoms with Crippen molar-refractivity contribution in [2.24, 2.45) is 5.10 Å². The van der Waals surface area contributed by atoms with Crippen molar-refractivity contribution < 1.29 is 8.42 Å². The zero-order chi connectivity index (χ0) is 21.2. The zero-order valence-electron chi connectivity index (χ0n) is 17.6. The van der Waals surface area contributed by atoms with Crippen LogP contribution in [0.1, 0.15) is 42.9 Å². The Morgan fingerprint density at radius 2 is 1.87 bits per heavy atom. The van der Waals surface area contributed by atoms with Gasteiger partial charge in [0.2, 0.25) is 0 Å². The molecule has 0 radical (unpaired) electrons. The second kappa shape index (κ2) is 8.23. The van der Waals surface area contributed by atoms with Crippen LogP contribution in [0.25, 0.3) is 5.57 Å². The third-order valence-corrected chi connectivity index (χ3v) is 8.43. The lowest BCUT2D eigenvalue weighted by Gasteiger charge is -2.39. The summed E-state index contributed by atoms with van der Waals surface area (Å²) in [5, 5.41) is 4.25. The van der Waals surface area contributed by atoms with Crippen molar-refractivity contribution in [2.45, 2.75) is 44.3 Å². The summed E-state index contributed by atoms with van der Waals surface area (Å²) in [4.78, 5) is 0. The SMILES string of the molecule is Cc1cccc(CC2=CC=C(c3ccccc3)C[C@]2(C)S(=O)(=O)N2CCCC=N2)c1. The molecule has 1 aliphatic carbocycles. The highest BCUT2D eigenvalue weighted by Crippen LogP contribution is 2.43. The Labute approximate surface area is 179 Å². The standard InChI is InChI=1S/C25H28N2O2S/c1-20-9-8-10-21(17-20)18-24-14-13-23(22-11-4-3-5-12-22)19-25(24,2)30(28,29)27-16-7-6-15-26-27/h3-5,8-15,17H,6-7,16,18-19H2,1-2H3/t25-/m0/s1. The van der Waals surface area contributed by atoms with Crippen molar-refractivity contribution in [1.29, 1.82) is 0 Å². The minimum atomic E-state index is -3.68. The van der Waals surface area contributed by atoms with Crippen LogP contribution in [0.3, 0.4) is 0 Å². The van der Waals surface area contributed by atoms with Crippen LogP contribution < -0.4 is 0 Å². The van der Waals surface area contributed by atoms with Gasteiger partial charge < -0.3 is 0 Å². The van der Waals surface area contributed by atoms with E-state index in [1.807, 2.05) is 49.4 Å². The zero-order valence-corrected chi connectivity index (χ0v) is 18.4. The van der Waals surface area contributed by atoms with Gasteiger partial charge in [-0.15, -0.1) is 0 Å². The highest BCUT2D eigenvalue weighted by atomic mass is 32.2. The molecule has 2 aromatic rings. The first kappa shape index (κ1) is 20.6. The Kier molecular flexibility index (Phi) is 5.65. The minimum absolute atomic E-state index is 0.434. The first-order valence-corrected chi connectivity index (χ1v) is 11.9. The number of hydrazone groups is 1. The van der Waals surface area contributed by atoms with Crippen LogP contribution in [0, 0.1) is 6.92 Å². The van der Waals surface area contributed by atoms with Gasteiger partial charge in [0.15, 0.2) is 0 Å². The summed E-state index contributed by atoms with van der Waals surface area (Å²) in [5.74, 6) is 0. The smallest absolute Gasteiger partial charge is 0.204 e. The van der Waals surface area contributed by atoms with Crippen LogP contribution in [0.2, 0.25) is 0 Å². The second-order valence-corrected chi connectivity index (χ2v) is 10.6. The van der Waals surface area contributed by atoms with Crippen molar-refractivity contribution in [2.75, 3.05) is 6.54 Å². The fraction of sp³-hybridized carbons (Fsp3) is 0.320. The molecule has 1 aliphatic heterocycles. The van der Waals surface area contributed by atoms with Crippen LogP contribution in [0.15, 0.2) is 77.4 Å².